The van der Waals surface area contributed by atoms with E-state index in [2.05, 4.69) is 15.9 Å². The fourth-order valence-corrected chi connectivity index (χ4v) is 2.18. The van der Waals surface area contributed by atoms with Gasteiger partial charge in [0, 0.05) is 20.9 Å². The lowest BCUT2D eigenvalue weighted by atomic mass is 10.1. The van der Waals surface area contributed by atoms with E-state index in [0.717, 1.165) is 12.1 Å². The van der Waals surface area contributed by atoms with Gasteiger partial charge in [-0.1, -0.05) is 15.9 Å². The number of carbonyl (C=O) groups excluding carboxylic acids is 1. The van der Waals surface area contributed by atoms with Crippen molar-refractivity contribution in [3.63, 3.8) is 0 Å². The van der Waals surface area contributed by atoms with Crippen molar-refractivity contribution in [2.75, 3.05) is 5.33 Å². The molecule has 1 aromatic carbocycles. The molecule has 0 saturated heterocycles. The smallest absolute Gasteiger partial charge is 0.294 e. The summed E-state index contributed by atoms with van der Waals surface area (Å²) in [5.74, 6) is -0.291. The molecule has 0 aliphatic carbocycles. The van der Waals surface area contributed by atoms with Gasteiger partial charge in [-0.2, -0.15) is 13.2 Å². The minimum atomic E-state index is -4.41. The average molecular weight is 407 g/mol. The predicted molar refractivity (Wildman–Crippen MR) is 66.9 cm³/mol. The third-order valence-corrected chi connectivity index (χ3v) is 2.89. The van der Waals surface area contributed by atoms with Gasteiger partial charge in [0.2, 0.25) is 0 Å². The van der Waals surface area contributed by atoms with E-state index in [1.807, 2.05) is 0 Å². The monoisotopic (exact) mass is 406 g/mol. The van der Waals surface area contributed by atoms with E-state index >= 15 is 0 Å². The minimum absolute atomic E-state index is 0.110. The van der Waals surface area contributed by atoms with Crippen molar-refractivity contribution in [3.05, 3.63) is 32.9 Å². The van der Waals surface area contributed by atoms with E-state index in [0.29, 0.717) is 8.90 Å². The van der Waals surface area contributed by atoms with Crippen LogP contribution in [0.25, 0.3) is 0 Å². The second-order valence-corrected chi connectivity index (χ2v) is 5.13. The first-order valence-corrected chi connectivity index (χ1v) is 6.51. The molecule has 0 amide bonds. The topological polar surface area (TPSA) is 17.1 Å². The molecule has 6 heteroatoms. The molecule has 0 saturated carbocycles. The van der Waals surface area contributed by atoms with Gasteiger partial charge >= 0.3 is 6.18 Å². The van der Waals surface area contributed by atoms with Crippen LogP contribution in [0, 0.1) is 3.57 Å². The molecule has 0 aliphatic rings. The van der Waals surface area contributed by atoms with Gasteiger partial charge < -0.3 is 0 Å². The van der Waals surface area contributed by atoms with E-state index in [1.54, 1.807) is 22.6 Å². The Morgan fingerprint density at radius 3 is 2.44 bits per heavy atom. The molecular formula is C10H7BrF3IO. The highest BCUT2D eigenvalue weighted by molar-refractivity contribution is 14.1. The molecule has 0 radical (unpaired) electrons. The largest absolute Gasteiger partial charge is 0.416 e. The second kappa shape index (κ2) is 5.48. The van der Waals surface area contributed by atoms with Crippen LogP contribution in [0.4, 0.5) is 13.2 Å². The minimum Gasteiger partial charge on any atom is -0.294 e. The number of ketones is 1. The van der Waals surface area contributed by atoms with Crippen molar-refractivity contribution in [3.8, 4) is 0 Å². The summed E-state index contributed by atoms with van der Waals surface area (Å²) in [6, 6.07) is 3.37. The molecule has 0 heterocycles. The third-order valence-electron chi connectivity index (χ3n) is 1.87. The Balaban J connectivity index is 3.13. The Kier molecular flexibility index (Phi) is 4.78. The summed E-state index contributed by atoms with van der Waals surface area (Å²) in [5, 5.41) is 0.443. The highest BCUT2D eigenvalue weighted by atomic mass is 127. The summed E-state index contributed by atoms with van der Waals surface area (Å²) in [7, 11) is 0. The lowest BCUT2D eigenvalue weighted by Crippen LogP contribution is -2.08. The van der Waals surface area contributed by atoms with Gasteiger partial charge in [-0.05, 0) is 40.8 Å². The number of hydrogen-bond acceptors (Lipinski definition) is 1. The zero-order valence-corrected chi connectivity index (χ0v) is 11.7. The maximum atomic E-state index is 12.5. The maximum Gasteiger partial charge on any atom is 0.416 e. The molecule has 0 N–H and O–H groups in total. The number of alkyl halides is 4. The summed E-state index contributed by atoms with van der Waals surface area (Å²) in [6.45, 7) is 0. The summed E-state index contributed by atoms with van der Waals surface area (Å²) < 4.78 is 37.8. The summed E-state index contributed by atoms with van der Waals surface area (Å²) in [5.41, 5.74) is -0.670. The van der Waals surface area contributed by atoms with Crippen LogP contribution in [-0.4, -0.2) is 11.1 Å². The zero-order chi connectivity index (χ0) is 12.3. The maximum absolute atomic E-state index is 12.5. The zero-order valence-electron chi connectivity index (χ0n) is 7.94. The van der Waals surface area contributed by atoms with Gasteiger partial charge in [0.25, 0.3) is 0 Å². The van der Waals surface area contributed by atoms with Crippen molar-refractivity contribution < 1.29 is 18.0 Å². The van der Waals surface area contributed by atoms with Crippen LogP contribution < -0.4 is 0 Å². The number of carbonyl (C=O) groups is 1. The van der Waals surface area contributed by atoms with Crippen LogP contribution in [0.2, 0.25) is 0 Å². The van der Waals surface area contributed by atoms with Gasteiger partial charge in [-0.3, -0.25) is 4.79 Å². The summed E-state index contributed by atoms with van der Waals surface area (Å²) in [4.78, 5) is 11.5. The highest BCUT2D eigenvalue weighted by Crippen LogP contribution is 2.31. The molecule has 1 aromatic rings. The van der Waals surface area contributed by atoms with Crippen LogP contribution >= 0.6 is 38.5 Å². The number of halogens is 5. The molecule has 88 valence electrons. The van der Waals surface area contributed by atoms with E-state index in [1.165, 1.54) is 6.07 Å². The third kappa shape index (κ3) is 3.73. The van der Waals surface area contributed by atoms with Crippen LogP contribution in [0.5, 0.6) is 0 Å². The Bertz CT molecular complexity index is 404. The molecular weight excluding hydrogens is 400 g/mol. The van der Waals surface area contributed by atoms with Crippen LogP contribution in [-0.2, 0) is 6.18 Å². The van der Waals surface area contributed by atoms with Crippen LogP contribution in [0.1, 0.15) is 22.3 Å². The standard InChI is InChI=1S/C10H7BrF3IO/c11-2-1-9(16)6-3-7(10(12,13)14)5-8(15)4-6/h3-5H,1-2H2. The predicted octanol–water partition coefficient (Wildman–Crippen LogP) is 4.28. The van der Waals surface area contributed by atoms with Crippen molar-refractivity contribution in [1.29, 1.82) is 0 Å². The quantitative estimate of drug-likeness (QED) is 0.416. The van der Waals surface area contributed by atoms with Crippen molar-refractivity contribution in [2.24, 2.45) is 0 Å². The molecule has 0 aliphatic heterocycles. The molecule has 0 unspecified atom stereocenters. The van der Waals surface area contributed by atoms with E-state index < -0.39 is 11.7 Å². The van der Waals surface area contributed by atoms with Crippen molar-refractivity contribution >= 4 is 44.3 Å². The molecule has 0 spiro atoms. The number of Topliss-reactive ketones (excluding diaryl/α,β-unsaturated/α-hetero) is 1. The Hall–Kier alpha value is -0.110. The molecule has 0 bridgehead atoms. The molecule has 0 fully saturated rings. The first-order valence-electron chi connectivity index (χ1n) is 4.31. The molecule has 0 atom stereocenters. The SMILES string of the molecule is O=C(CCBr)c1cc(I)cc(C(F)(F)F)c1. The molecule has 0 aromatic heterocycles. The fourth-order valence-electron chi connectivity index (χ4n) is 1.14. The Morgan fingerprint density at radius 1 is 1.31 bits per heavy atom. The lowest BCUT2D eigenvalue weighted by molar-refractivity contribution is -0.137. The van der Waals surface area contributed by atoms with Crippen molar-refractivity contribution in [2.45, 2.75) is 12.6 Å². The number of hydrogen-bond donors (Lipinski definition) is 0. The first-order chi connectivity index (χ1) is 7.34. The number of benzene rings is 1. The molecule has 16 heavy (non-hydrogen) atoms. The van der Waals surface area contributed by atoms with Gasteiger partial charge in [-0.15, -0.1) is 0 Å². The van der Waals surface area contributed by atoms with Gasteiger partial charge in [-0.25, -0.2) is 0 Å². The van der Waals surface area contributed by atoms with Crippen molar-refractivity contribution in [1.82, 2.24) is 0 Å². The Morgan fingerprint density at radius 2 is 1.94 bits per heavy atom. The molecule has 1 nitrogen and oxygen atoms in total. The van der Waals surface area contributed by atoms with Crippen LogP contribution in [0.3, 0.4) is 0 Å². The fraction of sp³-hybridized carbons (Fsp3) is 0.300. The highest BCUT2D eigenvalue weighted by Gasteiger charge is 2.31. The van der Waals surface area contributed by atoms with E-state index in [9.17, 15) is 18.0 Å². The Labute approximate surface area is 113 Å². The van der Waals surface area contributed by atoms with Crippen LogP contribution in [0.15, 0.2) is 18.2 Å². The van der Waals surface area contributed by atoms with Gasteiger partial charge in [0.15, 0.2) is 5.78 Å². The summed E-state index contributed by atoms with van der Waals surface area (Å²) >= 11 is 4.85. The van der Waals surface area contributed by atoms with Gasteiger partial charge in [0.05, 0.1) is 5.56 Å². The summed E-state index contributed by atoms with van der Waals surface area (Å²) in [6.07, 6.45) is -4.22. The van der Waals surface area contributed by atoms with Gasteiger partial charge in [0.1, 0.15) is 0 Å². The normalized spacial score (nSPS) is 11.6. The first kappa shape index (κ1) is 14.0. The average Bonchev–Trinajstić information content (AvgIpc) is 2.16. The van der Waals surface area contributed by atoms with E-state index in [4.69, 9.17) is 0 Å². The molecule has 1 rings (SSSR count). The number of rotatable bonds is 3. The lowest BCUT2D eigenvalue weighted by Gasteiger charge is -2.09. The second-order valence-electron chi connectivity index (χ2n) is 3.09. The van der Waals surface area contributed by atoms with E-state index in [-0.39, 0.29) is 17.8 Å².